The third-order valence-electron chi connectivity index (χ3n) is 3.89. The molecular formula is C19H15BrN4O2S. The van der Waals surface area contributed by atoms with Crippen molar-refractivity contribution in [3.8, 4) is 5.75 Å². The number of nitrogens with zero attached hydrogens (tertiary/aromatic N) is 4. The molecule has 0 radical (unpaired) electrons. The molecule has 0 aliphatic heterocycles. The van der Waals surface area contributed by atoms with E-state index in [2.05, 4.69) is 36.1 Å². The molecule has 0 saturated carbocycles. The zero-order valence-electron chi connectivity index (χ0n) is 14.6. The molecule has 0 saturated heterocycles. The molecule has 136 valence electrons. The van der Waals surface area contributed by atoms with Gasteiger partial charge in [-0.05, 0) is 61.0 Å². The van der Waals surface area contributed by atoms with Gasteiger partial charge >= 0.3 is 0 Å². The van der Waals surface area contributed by atoms with Crippen LogP contribution in [-0.2, 0) is 6.61 Å². The number of ether oxygens (including phenoxy) is 1. The summed E-state index contributed by atoms with van der Waals surface area (Å²) in [4.78, 5) is 8.62. The quantitative estimate of drug-likeness (QED) is 0.396. The Hall–Kier alpha value is -2.45. The maximum Gasteiger partial charge on any atom is 0.283 e. The van der Waals surface area contributed by atoms with Gasteiger partial charge in [0, 0.05) is 9.86 Å². The van der Waals surface area contributed by atoms with Crippen LogP contribution in [0.15, 0.2) is 61.9 Å². The fraction of sp³-hybridized carbons (Fsp3) is 0.158. The van der Waals surface area contributed by atoms with E-state index in [1.54, 1.807) is 0 Å². The highest BCUT2D eigenvalue weighted by Crippen LogP contribution is 2.31. The Morgan fingerprint density at radius 3 is 2.85 bits per heavy atom. The van der Waals surface area contributed by atoms with Crippen molar-refractivity contribution in [2.45, 2.75) is 30.7 Å². The number of aromatic nitrogens is 4. The first kappa shape index (κ1) is 17.9. The van der Waals surface area contributed by atoms with Gasteiger partial charge in [-0.3, -0.25) is 0 Å². The molecule has 0 fully saturated rings. The Labute approximate surface area is 168 Å². The summed E-state index contributed by atoms with van der Waals surface area (Å²) in [6.07, 6.45) is 1.53. The molecule has 4 rings (SSSR count). The van der Waals surface area contributed by atoms with Crippen LogP contribution in [0, 0.1) is 13.8 Å². The molecular weight excluding hydrogens is 428 g/mol. The maximum atomic E-state index is 5.82. The molecule has 2 aromatic carbocycles. The molecule has 6 nitrogen and oxygen atoms in total. The van der Waals surface area contributed by atoms with Crippen LogP contribution in [0.3, 0.4) is 0 Å². The van der Waals surface area contributed by atoms with Gasteiger partial charge in [-0.15, -0.1) is 10.2 Å². The summed E-state index contributed by atoms with van der Waals surface area (Å²) < 4.78 is 12.5. The SMILES string of the molecule is Cc1ccc(C)c(OCc2nnc(Sc3ncnc4ccc(Br)cc34)o2)c1. The summed E-state index contributed by atoms with van der Waals surface area (Å²) in [5, 5.41) is 10.2. The number of aryl methyl sites for hydroxylation is 2. The number of benzene rings is 2. The largest absolute Gasteiger partial charge is 0.484 e. The van der Waals surface area contributed by atoms with Crippen LogP contribution < -0.4 is 4.74 Å². The van der Waals surface area contributed by atoms with Crippen LogP contribution >= 0.6 is 27.7 Å². The Kier molecular flexibility index (Phi) is 5.09. The van der Waals surface area contributed by atoms with Gasteiger partial charge in [-0.1, -0.05) is 28.1 Å². The third-order valence-corrected chi connectivity index (χ3v) is 5.24. The van der Waals surface area contributed by atoms with Crippen molar-refractivity contribution >= 4 is 38.6 Å². The summed E-state index contributed by atoms with van der Waals surface area (Å²) in [5.74, 6) is 1.23. The highest BCUT2D eigenvalue weighted by Gasteiger charge is 2.13. The molecule has 2 aromatic heterocycles. The van der Waals surface area contributed by atoms with E-state index in [-0.39, 0.29) is 6.61 Å². The van der Waals surface area contributed by atoms with Crippen molar-refractivity contribution in [3.05, 3.63) is 64.2 Å². The first-order valence-electron chi connectivity index (χ1n) is 8.19. The van der Waals surface area contributed by atoms with E-state index in [9.17, 15) is 0 Å². The number of hydrogen-bond acceptors (Lipinski definition) is 7. The predicted octanol–water partition coefficient (Wildman–Crippen LogP) is 5.12. The van der Waals surface area contributed by atoms with E-state index < -0.39 is 0 Å². The minimum atomic E-state index is 0.216. The van der Waals surface area contributed by atoms with Gasteiger partial charge in [0.2, 0.25) is 0 Å². The minimum absolute atomic E-state index is 0.216. The van der Waals surface area contributed by atoms with Crippen molar-refractivity contribution in [2.75, 3.05) is 0 Å². The van der Waals surface area contributed by atoms with Gasteiger partial charge < -0.3 is 9.15 Å². The van der Waals surface area contributed by atoms with Crippen molar-refractivity contribution in [2.24, 2.45) is 0 Å². The van der Waals surface area contributed by atoms with E-state index in [1.165, 1.54) is 18.1 Å². The lowest BCUT2D eigenvalue weighted by Crippen LogP contribution is -1.97. The number of fused-ring (bicyclic) bond motifs is 1. The van der Waals surface area contributed by atoms with E-state index in [4.69, 9.17) is 9.15 Å². The molecule has 4 aromatic rings. The summed E-state index contributed by atoms with van der Waals surface area (Å²) in [6, 6.07) is 11.9. The normalized spacial score (nSPS) is 11.1. The van der Waals surface area contributed by atoms with Gasteiger partial charge in [-0.2, -0.15) is 0 Å². The van der Waals surface area contributed by atoms with Crippen molar-refractivity contribution < 1.29 is 9.15 Å². The molecule has 8 heteroatoms. The Morgan fingerprint density at radius 1 is 1.07 bits per heavy atom. The minimum Gasteiger partial charge on any atom is -0.484 e. The van der Waals surface area contributed by atoms with E-state index in [0.29, 0.717) is 11.1 Å². The first-order valence-corrected chi connectivity index (χ1v) is 9.80. The van der Waals surface area contributed by atoms with Crippen molar-refractivity contribution in [3.63, 3.8) is 0 Å². The smallest absolute Gasteiger partial charge is 0.283 e. The molecule has 0 atom stereocenters. The summed E-state index contributed by atoms with van der Waals surface area (Å²) in [5.41, 5.74) is 3.06. The molecule has 0 aliphatic carbocycles. The molecule has 27 heavy (non-hydrogen) atoms. The van der Waals surface area contributed by atoms with E-state index in [1.807, 2.05) is 50.2 Å². The van der Waals surface area contributed by atoms with Crippen molar-refractivity contribution in [1.29, 1.82) is 0 Å². The summed E-state index contributed by atoms with van der Waals surface area (Å²) >= 11 is 4.78. The van der Waals surface area contributed by atoms with E-state index >= 15 is 0 Å². The predicted molar refractivity (Wildman–Crippen MR) is 106 cm³/mol. The van der Waals surface area contributed by atoms with Crippen LogP contribution in [0.1, 0.15) is 17.0 Å². The molecule has 2 heterocycles. The van der Waals surface area contributed by atoms with Crippen LogP contribution in [-0.4, -0.2) is 20.2 Å². The topological polar surface area (TPSA) is 73.9 Å². The van der Waals surface area contributed by atoms with Crippen LogP contribution in [0.2, 0.25) is 0 Å². The van der Waals surface area contributed by atoms with Gasteiger partial charge in [0.05, 0.1) is 5.52 Å². The Balaban J connectivity index is 1.50. The number of hydrogen-bond donors (Lipinski definition) is 0. The van der Waals surface area contributed by atoms with Gasteiger partial charge in [0.25, 0.3) is 11.1 Å². The third kappa shape index (κ3) is 4.12. The van der Waals surface area contributed by atoms with E-state index in [0.717, 1.165) is 37.3 Å². The molecule has 0 aliphatic rings. The lowest BCUT2D eigenvalue weighted by atomic mass is 10.1. The standard InChI is InChI=1S/C19H15BrN4O2S/c1-11-3-4-12(2)16(7-11)25-9-17-23-24-19(26-17)27-18-14-8-13(20)5-6-15(14)21-10-22-18/h3-8,10H,9H2,1-2H3. The average Bonchev–Trinajstić information content (AvgIpc) is 3.10. The van der Waals surface area contributed by atoms with Crippen molar-refractivity contribution in [1.82, 2.24) is 20.2 Å². The van der Waals surface area contributed by atoms with Crippen LogP contribution in [0.5, 0.6) is 5.75 Å². The molecule has 0 N–H and O–H groups in total. The molecule has 0 spiro atoms. The molecule has 0 bridgehead atoms. The highest BCUT2D eigenvalue weighted by molar-refractivity contribution is 9.10. The zero-order chi connectivity index (χ0) is 18.8. The fourth-order valence-electron chi connectivity index (χ4n) is 2.51. The fourth-order valence-corrected chi connectivity index (χ4v) is 3.63. The van der Waals surface area contributed by atoms with Gasteiger partial charge in [-0.25, -0.2) is 9.97 Å². The lowest BCUT2D eigenvalue weighted by Gasteiger charge is -2.07. The summed E-state index contributed by atoms with van der Waals surface area (Å²) in [6.45, 7) is 4.24. The Bertz CT molecular complexity index is 1120. The van der Waals surface area contributed by atoms with Gasteiger partial charge in [0.15, 0.2) is 6.61 Å². The van der Waals surface area contributed by atoms with Crippen LogP contribution in [0.25, 0.3) is 10.9 Å². The second-order valence-corrected chi connectivity index (χ2v) is 7.82. The molecule has 0 unspecified atom stereocenters. The number of rotatable bonds is 5. The highest BCUT2D eigenvalue weighted by atomic mass is 79.9. The number of halogens is 1. The monoisotopic (exact) mass is 442 g/mol. The Morgan fingerprint density at radius 2 is 1.96 bits per heavy atom. The second kappa shape index (κ2) is 7.66. The average molecular weight is 443 g/mol. The zero-order valence-corrected chi connectivity index (χ0v) is 17.0. The second-order valence-electron chi connectivity index (χ2n) is 5.96. The first-order chi connectivity index (χ1) is 13.1. The lowest BCUT2D eigenvalue weighted by molar-refractivity contribution is 0.250. The van der Waals surface area contributed by atoms with Gasteiger partial charge in [0.1, 0.15) is 17.1 Å². The molecule has 0 amide bonds. The van der Waals surface area contributed by atoms with Crippen LogP contribution in [0.4, 0.5) is 0 Å². The maximum absolute atomic E-state index is 5.82. The summed E-state index contributed by atoms with van der Waals surface area (Å²) in [7, 11) is 0.